The molecule has 4 aliphatic rings. The fraction of sp³-hybridized carbons (Fsp3) is 0.913. The average molecular weight is 393 g/mol. The Morgan fingerprint density at radius 2 is 1.46 bits per heavy atom. The monoisotopic (exact) mass is 392 g/mol. The van der Waals surface area contributed by atoms with Gasteiger partial charge in [-0.1, -0.05) is 13.8 Å². The van der Waals surface area contributed by atoms with Crippen LogP contribution in [0.15, 0.2) is 0 Å². The van der Waals surface area contributed by atoms with Gasteiger partial charge in [0.2, 0.25) is 0 Å². The fourth-order valence-corrected chi connectivity index (χ4v) is 7.95. The maximum atomic E-state index is 11.6. The molecule has 5 heteroatoms. The van der Waals surface area contributed by atoms with Crippen molar-refractivity contribution in [3.8, 4) is 0 Å². The zero-order valence-corrected chi connectivity index (χ0v) is 17.8. The molecule has 158 valence electrons. The van der Waals surface area contributed by atoms with Crippen LogP contribution in [0.1, 0.15) is 79.1 Å². The highest BCUT2D eigenvalue weighted by molar-refractivity contribution is 5.66. The van der Waals surface area contributed by atoms with Crippen LogP contribution in [0.25, 0.3) is 0 Å². The van der Waals surface area contributed by atoms with Gasteiger partial charge in [0.1, 0.15) is 12.2 Å². The maximum absolute atomic E-state index is 11.6. The average Bonchev–Trinajstić information content (AvgIpc) is 2.92. The molecule has 4 fully saturated rings. The van der Waals surface area contributed by atoms with Crippen molar-refractivity contribution >= 4 is 11.9 Å². The number of aliphatic hydroxyl groups is 1. The number of fused-ring (bicyclic) bond motifs is 5. The summed E-state index contributed by atoms with van der Waals surface area (Å²) >= 11 is 0. The molecule has 0 aromatic carbocycles. The summed E-state index contributed by atoms with van der Waals surface area (Å²) in [6.07, 6.45) is 7.49. The zero-order valence-electron chi connectivity index (χ0n) is 17.8. The Morgan fingerprint density at radius 3 is 2.14 bits per heavy atom. The van der Waals surface area contributed by atoms with E-state index >= 15 is 0 Å². The van der Waals surface area contributed by atoms with Crippen LogP contribution >= 0.6 is 0 Å². The molecule has 0 aromatic heterocycles. The molecule has 0 saturated heterocycles. The lowest BCUT2D eigenvalue weighted by Crippen LogP contribution is -2.58. The Kier molecular flexibility index (Phi) is 5.05. The molecule has 5 nitrogen and oxygen atoms in total. The molecule has 0 aliphatic heterocycles. The summed E-state index contributed by atoms with van der Waals surface area (Å²) in [5.74, 6) is 1.45. The van der Waals surface area contributed by atoms with E-state index in [1.54, 1.807) is 0 Å². The van der Waals surface area contributed by atoms with Crippen LogP contribution in [0.4, 0.5) is 0 Å². The fourth-order valence-electron chi connectivity index (χ4n) is 7.95. The SMILES string of the molecule is CC(=O)O[C@H]1CC[C@]2(C)C3CC[C@@]4(C)C(CC[C@@H]4OC(C)=O)C3C[C@@H](O)C2C1. The van der Waals surface area contributed by atoms with Crippen molar-refractivity contribution in [1.82, 2.24) is 0 Å². The first-order chi connectivity index (χ1) is 13.1. The third kappa shape index (κ3) is 3.09. The van der Waals surface area contributed by atoms with E-state index in [0.29, 0.717) is 17.8 Å². The van der Waals surface area contributed by atoms with E-state index in [1.165, 1.54) is 13.8 Å². The minimum Gasteiger partial charge on any atom is -0.463 e. The molecule has 0 spiro atoms. The van der Waals surface area contributed by atoms with Crippen molar-refractivity contribution in [3.05, 3.63) is 0 Å². The van der Waals surface area contributed by atoms with E-state index in [2.05, 4.69) is 13.8 Å². The lowest BCUT2D eigenvalue weighted by Gasteiger charge is -2.62. The number of carbonyl (C=O) groups excluding carboxylic acids is 2. The summed E-state index contributed by atoms with van der Waals surface area (Å²) in [5.41, 5.74) is 0.157. The minimum absolute atomic E-state index is 0.0262. The van der Waals surface area contributed by atoms with Crippen LogP contribution in [0.2, 0.25) is 0 Å². The number of esters is 2. The normalized spacial score (nSPS) is 50.1. The Hall–Kier alpha value is -1.10. The van der Waals surface area contributed by atoms with Gasteiger partial charge in [0.25, 0.3) is 0 Å². The predicted octanol–water partition coefficient (Wildman–Crippen LogP) is 3.86. The van der Waals surface area contributed by atoms with Gasteiger partial charge in [-0.2, -0.15) is 0 Å². The highest BCUT2D eigenvalue weighted by Crippen LogP contribution is 2.66. The quantitative estimate of drug-likeness (QED) is 0.723. The highest BCUT2D eigenvalue weighted by Gasteiger charge is 2.62. The molecule has 4 rings (SSSR count). The first-order valence-electron chi connectivity index (χ1n) is 11.2. The van der Waals surface area contributed by atoms with Crippen molar-refractivity contribution < 1.29 is 24.2 Å². The van der Waals surface area contributed by atoms with Crippen LogP contribution < -0.4 is 0 Å². The molecule has 1 N–H and O–H groups in total. The van der Waals surface area contributed by atoms with Gasteiger partial charge in [-0.15, -0.1) is 0 Å². The van der Waals surface area contributed by atoms with E-state index in [-0.39, 0.29) is 47.0 Å². The number of hydrogen-bond donors (Lipinski definition) is 1. The third-order valence-corrected chi connectivity index (χ3v) is 9.19. The summed E-state index contributed by atoms with van der Waals surface area (Å²) in [7, 11) is 0. The second-order valence-electron chi connectivity index (χ2n) is 10.5. The van der Waals surface area contributed by atoms with E-state index in [0.717, 1.165) is 51.4 Å². The van der Waals surface area contributed by atoms with Crippen molar-refractivity contribution in [2.75, 3.05) is 0 Å². The molecule has 0 bridgehead atoms. The first-order valence-corrected chi connectivity index (χ1v) is 11.2. The second-order valence-corrected chi connectivity index (χ2v) is 10.5. The number of ether oxygens (including phenoxy) is 2. The smallest absolute Gasteiger partial charge is 0.302 e. The summed E-state index contributed by atoms with van der Waals surface area (Å²) in [5, 5.41) is 11.1. The number of aliphatic hydroxyl groups excluding tert-OH is 1. The third-order valence-electron chi connectivity index (χ3n) is 9.19. The highest BCUT2D eigenvalue weighted by atomic mass is 16.5. The first kappa shape index (κ1) is 20.2. The second kappa shape index (κ2) is 7.00. The van der Waals surface area contributed by atoms with Gasteiger partial charge in [-0.25, -0.2) is 0 Å². The predicted molar refractivity (Wildman–Crippen MR) is 104 cm³/mol. The van der Waals surface area contributed by atoms with Gasteiger partial charge in [0, 0.05) is 19.3 Å². The molecule has 9 atom stereocenters. The van der Waals surface area contributed by atoms with Crippen LogP contribution in [0.5, 0.6) is 0 Å². The molecule has 0 aromatic rings. The van der Waals surface area contributed by atoms with E-state index < -0.39 is 0 Å². The van der Waals surface area contributed by atoms with Gasteiger partial charge < -0.3 is 14.6 Å². The Bertz CT molecular complexity index is 647. The topological polar surface area (TPSA) is 72.8 Å². The molecular formula is C23H36O5. The molecule has 0 amide bonds. The molecule has 28 heavy (non-hydrogen) atoms. The van der Waals surface area contributed by atoms with Crippen LogP contribution in [-0.4, -0.2) is 35.4 Å². The molecule has 0 heterocycles. The van der Waals surface area contributed by atoms with Crippen molar-refractivity contribution in [2.24, 2.45) is 34.5 Å². The number of carbonyl (C=O) groups is 2. The maximum Gasteiger partial charge on any atom is 0.302 e. The Labute approximate surface area is 168 Å². The van der Waals surface area contributed by atoms with E-state index in [4.69, 9.17) is 9.47 Å². The Balaban J connectivity index is 1.55. The lowest BCUT2D eigenvalue weighted by molar-refractivity contribution is -0.187. The van der Waals surface area contributed by atoms with Gasteiger partial charge in [0.05, 0.1) is 6.10 Å². The van der Waals surface area contributed by atoms with E-state index in [9.17, 15) is 14.7 Å². The molecule has 4 aliphatic carbocycles. The van der Waals surface area contributed by atoms with Gasteiger partial charge in [-0.3, -0.25) is 9.59 Å². The minimum atomic E-state index is -0.334. The van der Waals surface area contributed by atoms with E-state index in [1.807, 2.05) is 0 Å². The standard InChI is InChI=1S/C23H36O5/c1-13(24)27-15-7-9-22(3)18-8-10-23(4)17(5-6-21(23)28-14(2)25)16(18)12-20(26)19(22)11-15/h15-21,26H,5-12H2,1-4H3/t15-,16?,17?,18?,19?,20+,21-,22+,23-/m0/s1. The number of hydrogen-bond acceptors (Lipinski definition) is 5. The largest absolute Gasteiger partial charge is 0.463 e. The molecular weight excluding hydrogens is 356 g/mol. The lowest BCUT2D eigenvalue weighted by atomic mass is 9.44. The van der Waals surface area contributed by atoms with Gasteiger partial charge in [-0.05, 0) is 80.5 Å². The Morgan fingerprint density at radius 1 is 0.821 bits per heavy atom. The van der Waals surface area contributed by atoms with Crippen LogP contribution in [-0.2, 0) is 19.1 Å². The van der Waals surface area contributed by atoms with Crippen LogP contribution in [0, 0.1) is 34.5 Å². The summed E-state index contributed by atoms with van der Waals surface area (Å²) in [4.78, 5) is 23.0. The van der Waals surface area contributed by atoms with Crippen molar-refractivity contribution in [3.63, 3.8) is 0 Å². The number of rotatable bonds is 2. The molecule has 0 radical (unpaired) electrons. The van der Waals surface area contributed by atoms with Crippen LogP contribution in [0.3, 0.4) is 0 Å². The van der Waals surface area contributed by atoms with Crippen molar-refractivity contribution in [2.45, 2.75) is 97.4 Å². The molecule has 4 saturated carbocycles. The van der Waals surface area contributed by atoms with Crippen molar-refractivity contribution in [1.29, 1.82) is 0 Å². The molecule has 4 unspecified atom stereocenters. The summed E-state index contributed by atoms with van der Waals surface area (Å²) < 4.78 is 11.2. The zero-order chi connectivity index (χ0) is 20.3. The van der Waals surface area contributed by atoms with Gasteiger partial charge >= 0.3 is 11.9 Å². The van der Waals surface area contributed by atoms with Gasteiger partial charge in [0.15, 0.2) is 0 Å². The summed E-state index contributed by atoms with van der Waals surface area (Å²) in [6.45, 7) is 7.68. The summed E-state index contributed by atoms with van der Waals surface area (Å²) in [6, 6.07) is 0.